The van der Waals surface area contributed by atoms with Gasteiger partial charge in [-0.05, 0) is 74.9 Å². The lowest BCUT2D eigenvalue weighted by Crippen LogP contribution is -2.40. The smallest absolute Gasteiger partial charge is 0.119 e. The molecule has 1 aromatic carbocycles. The van der Waals surface area contributed by atoms with E-state index in [1.807, 2.05) is 6.07 Å². The van der Waals surface area contributed by atoms with Gasteiger partial charge in [-0.1, -0.05) is 12.2 Å². The Morgan fingerprint density at radius 1 is 1.17 bits per heavy atom. The summed E-state index contributed by atoms with van der Waals surface area (Å²) in [6.07, 6.45) is 13.5. The number of benzene rings is 1. The Bertz CT molecular complexity index is 695. The number of piperidine rings is 1. The molecule has 1 fully saturated rings. The van der Waals surface area contributed by atoms with Crippen LogP contribution in [0.4, 0.5) is 0 Å². The Labute approximate surface area is 138 Å². The molecule has 2 aliphatic rings. The van der Waals surface area contributed by atoms with E-state index in [4.69, 9.17) is 4.74 Å². The van der Waals surface area contributed by atoms with E-state index in [0.717, 1.165) is 5.75 Å². The molecule has 0 saturated carbocycles. The summed E-state index contributed by atoms with van der Waals surface area (Å²) in [5.74, 6) is 1.61. The number of hydrogen-bond donors (Lipinski definition) is 1. The summed E-state index contributed by atoms with van der Waals surface area (Å²) in [6, 6.07) is 7.02. The molecule has 122 valence electrons. The molecule has 2 heterocycles. The SMILES string of the molecule is COc1ccc2[nH]cc(C3CCN(C4C=CCCC4)CC3)c2c1. The number of aromatic nitrogens is 1. The average molecular weight is 310 g/mol. The average Bonchev–Trinajstić information content (AvgIpc) is 3.05. The second-order valence-electron chi connectivity index (χ2n) is 6.89. The standard InChI is InChI=1S/C20H26N2O/c1-23-17-7-8-20-18(13-17)19(14-21-20)15-9-11-22(12-10-15)16-5-3-2-4-6-16/h3,5,7-8,13-16,21H,2,4,6,9-12H2,1H3. The van der Waals surface area contributed by atoms with Crippen LogP contribution in [-0.4, -0.2) is 36.1 Å². The highest BCUT2D eigenvalue weighted by Crippen LogP contribution is 2.35. The van der Waals surface area contributed by atoms with Gasteiger partial charge in [0.2, 0.25) is 0 Å². The van der Waals surface area contributed by atoms with Crippen LogP contribution in [0.25, 0.3) is 10.9 Å². The summed E-state index contributed by atoms with van der Waals surface area (Å²) in [7, 11) is 1.74. The third kappa shape index (κ3) is 2.90. The minimum Gasteiger partial charge on any atom is -0.497 e. The summed E-state index contributed by atoms with van der Waals surface area (Å²) >= 11 is 0. The molecule has 0 radical (unpaired) electrons. The Morgan fingerprint density at radius 3 is 2.78 bits per heavy atom. The number of H-pyrrole nitrogens is 1. The molecule has 3 nitrogen and oxygen atoms in total. The molecular weight excluding hydrogens is 284 g/mol. The summed E-state index contributed by atoms with van der Waals surface area (Å²) in [6.45, 7) is 2.44. The molecule has 0 amide bonds. The monoisotopic (exact) mass is 310 g/mol. The van der Waals surface area contributed by atoms with Gasteiger partial charge in [0.1, 0.15) is 5.75 Å². The van der Waals surface area contributed by atoms with Gasteiger partial charge in [-0.25, -0.2) is 0 Å². The lowest BCUT2D eigenvalue weighted by atomic mass is 9.87. The summed E-state index contributed by atoms with van der Waals surface area (Å²) in [5, 5.41) is 1.33. The van der Waals surface area contributed by atoms with Crippen molar-refractivity contribution in [3.05, 3.63) is 42.1 Å². The molecule has 1 unspecified atom stereocenters. The second kappa shape index (κ2) is 6.40. The van der Waals surface area contributed by atoms with Gasteiger partial charge in [0.05, 0.1) is 7.11 Å². The Balaban J connectivity index is 1.50. The number of aromatic amines is 1. The van der Waals surface area contributed by atoms with Gasteiger partial charge >= 0.3 is 0 Å². The van der Waals surface area contributed by atoms with Gasteiger partial charge in [-0.2, -0.15) is 0 Å². The van der Waals surface area contributed by atoms with E-state index in [1.54, 1.807) is 7.11 Å². The fourth-order valence-corrected chi connectivity index (χ4v) is 4.23. The molecule has 1 aliphatic carbocycles. The van der Waals surface area contributed by atoms with Crippen molar-refractivity contribution < 1.29 is 4.74 Å². The summed E-state index contributed by atoms with van der Waals surface area (Å²) in [5.41, 5.74) is 2.69. The van der Waals surface area contributed by atoms with Gasteiger partial charge in [0.15, 0.2) is 0 Å². The van der Waals surface area contributed by atoms with Crippen LogP contribution in [0, 0.1) is 0 Å². The molecule has 1 saturated heterocycles. The van der Waals surface area contributed by atoms with Crippen LogP contribution in [0.2, 0.25) is 0 Å². The zero-order valence-corrected chi connectivity index (χ0v) is 13.9. The lowest BCUT2D eigenvalue weighted by molar-refractivity contribution is 0.167. The van der Waals surface area contributed by atoms with Crippen molar-refractivity contribution in [1.82, 2.24) is 9.88 Å². The molecule has 3 heteroatoms. The van der Waals surface area contributed by atoms with E-state index >= 15 is 0 Å². The van der Waals surface area contributed by atoms with Crippen molar-refractivity contribution >= 4 is 10.9 Å². The fraction of sp³-hybridized carbons (Fsp3) is 0.500. The van der Waals surface area contributed by atoms with Gasteiger partial charge in [0, 0.05) is 23.1 Å². The molecule has 2 aromatic rings. The first-order valence-electron chi connectivity index (χ1n) is 8.91. The molecule has 1 aromatic heterocycles. The molecule has 23 heavy (non-hydrogen) atoms. The Hall–Kier alpha value is -1.74. The predicted molar refractivity (Wildman–Crippen MR) is 95.2 cm³/mol. The predicted octanol–water partition coefficient (Wildman–Crippen LogP) is 4.46. The highest BCUT2D eigenvalue weighted by Gasteiger charge is 2.26. The van der Waals surface area contributed by atoms with Gasteiger partial charge in [-0.15, -0.1) is 0 Å². The first-order valence-corrected chi connectivity index (χ1v) is 8.91. The minimum atomic E-state index is 0.666. The third-order valence-corrected chi connectivity index (χ3v) is 5.59. The number of nitrogens with one attached hydrogen (secondary N) is 1. The van der Waals surface area contributed by atoms with E-state index in [9.17, 15) is 0 Å². The van der Waals surface area contributed by atoms with Gasteiger partial charge in [0.25, 0.3) is 0 Å². The number of fused-ring (bicyclic) bond motifs is 1. The fourth-order valence-electron chi connectivity index (χ4n) is 4.23. The number of allylic oxidation sites excluding steroid dienone is 1. The Morgan fingerprint density at radius 2 is 2.04 bits per heavy atom. The zero-order chi connectivity index (χ0) is 15.6. The molecule has 1 N–H and O–H groups in total. The summed E-state index contributed by atoms with van der Waals surface area (Å²) < 4.78 is 5.40. The summed E-state index contributed by atoms with van der Waals surface area (Å²) in [4.78, 5) is 6.11. The highest BCUT2D eigenvalue weighted by molar-refractivity contribution is 5.85. The minimum absolute atomic E-state index is 0.666. The largest absolute Gasteiger partial charge is 0.497 e. The molecule has 0 spiro atoms. The van der Waals surface area contributed by atoms with Gasteiger partial charge < -0.3 is 9.72 Å². The molecule has 0 bridgehead atoms. The third-order valence-electron chi connectivity index (χ3n) is 5.59. The molecule has 4 rings (SSSR count). The number of ether oxygens (including phenoxy) is 1. The molecular formula is C20H26N2O. The van der Waals surface area contributed by atoms with E-state index in [2.05, 4.69) is 40.4 Å². The normalized spacial score (nSPS) is 23.4. The van der Waals surface area contributed by atoms with Crippen LogP contribution in [0.3, 0.4) is 0 Å². The van der Waals surface area contributed by atoms with E-state index in [-0.39, 0.29) is 0 Å². The van der Waals surface area contributed by atoms with Crippen LogP contribution in [0.1, 0.15) is 43.6 Å². The van der Waals surface area contributed by atoms with Crippen molar-refractivity contribution in [2.45, 2.75) is 44.1 Å². The van der Waals surface area contributed by atoms with Crippen LogP contribution >= 0.6 is 0 Å². The van der Waals surface area contributed by atoms with Crippen molar-refractivity contribution in [3.63, 3.8) is 0 Å². The van der Waals surface area contributed by atoms with Crippen LogP contribution in [0.5, 0.6) is 5.75 Å². The number of hydrogen-bond acceptors (Lipinski definition) is 2. The van der Waals surface area contributed by atoms with Crippen molar-refractivity contribution in [2.24, 2.45) is 0 Å². The number of likely N-dealkylation sites (tertiary alicyclic amines) is 1. The first-order chi connectivity index (χ1) is 11.3. The second-order valence-corrected chi connectivity index (χ2v) is 6.89. The first kappa shape index (κ1) is 14.8. The van der Waals surface area contributed by atoms with E-state index in [0.29, 0.717) is 12.0 Å². The topological polar surface area (TPSA) is 28.3 Å². The van der Waals surface area contributed by atoms with Crippen molar-refractivity contribution in [1.29, 1.82) is 0 Å². The van der Waals surface area contributed by atoms with Crippen LogP contribution in [0.15, 0.2) is 36.5 Å². The zero-order valence-electron chi connectivity index (χ0n) is 13.9. The Kier molecular flexibility index (Phi) is 4.13. The molecule has 1 aliphatic heterocycles. The maximum Gasteiger partial charge on any atom is 0.119 e. The maximum atomic E-state index is 5.40. The van der Waals surface area contributed by atoms with Crippen molar-refractivity contribution in [2.75, 3.05) is 20.2 Å². The number of nitrogens with zero attached hydrogens (tertiary/aromatic N) is 1. The maximum absolute atomic E-state index is 5.40. The highest BCUT2D eigenvalue weighted by atomic mass is 16.5. The van der Waals surface area contributed by atoms with E-state index < -0.39 is 0 Å². The van der Waals surface area contributed by atoms with Crippen molar-refractivity contribution in [3.8, 4) is 5.75 Å². The van der Waals surface area contributed by atoms with Crippen LogP contribution < -0.4 is 4.74 Å². The van der Waals surface area contributed by atoms with Crippen LogP contribution in [-0.2, 0) is 0 Å². The van der Waals surface area contributed by atoms with E-state index in [1.165, 1.54) is 61.7 Å². The van der Waals surface area contributed by atoms with Gasteiger partial charge in [-0.3, -0.25) is 4.90 Å². The quantitative estimate of drug-likeness (QED) is 0.848. The number of rotatable bonds is 3. The molecule has 1 atom stereocenters. The lowest BCUT2D eigenvalue weighted by Gasteiger charge is -2.37. The number of methoxy groups -OCH3 is 1.